The highest BCUT2D eigenvalue weighted by atomic mass is 16.5. The third kappa shape index (κ3) is 8.05. The molecule has 0 saturated heterocycles. The second kappa shape index (κ2) is 8.93. The Bertz CT molecular complexity index is 163. The zero-order valence-corrected chi connectivity index (χ0v) is 11.0. The van der Waals surface area contributed by atoms with Gasteiger partial charge in [-0.15, -0.1) is 0 Å². The number of rotatable bonds is 10. The molecule has 0 aromatic rings. The predicted octanol–water partition coefficient (Wildman–Crippen LogP) is 0.881. The average Bonchev–Trinajstić information content (AvgIpc) is 2.27. The van der Waals surface area contributed by atoms with E-state index in [0.717, 1.165) is 32.2 Å². The van der Waals surface area contributed by atoms with Crippen LogP contribution in [-0.4, -0.2) is 43.6 Å². The Kier molecular flexibility index (Phi) is 8.84. The molecule has 4 heteroatoms. The maximum Gasteiger partial charge on any atom is 0.0638 e. The van der Waals surface area contributed by atoms with Crippen LogP contribution in [0.5, 0.6) is 0 Å². The van der Waals surface area contributed by atoms with Crippen LogP contribution in [0, 0.1) is 0 Å². The van der Waals surface area contributed by atoms with E-state index >= 15 is 0 Å². The Morgan fingerprint density at radius 3 is 2.50 bits per heavy atom. The molecule has 0 spiro atoms. The summed E-state index contributed by atoms with van der Waals surface area (Å²) in [6.07, 6.45) is 3.96. The van der Waals surface area contributed by atoms with Gasteiger partial charge in [-0.05, 0) is 46.1 Å². The van der Waals surface area contributed by atoms with Crippen molar-refractivity contribution < 1.29 is 9.84 Å². The van der Waals surface area contributed by atoms with Crippen LogP contribution in [0.2, 0.25) is 0 Å². The summed E-state index contributed by atoms with van der Waals surface area (Å²) in [6.45, 7) is 6.03. The lowest BCUT2D eigenvalue weighted by atomic mass is 9.98. The molecule has 1 atom stereocenters. The average molecular weight is 232 g/mol. The predicted molar refractivity (Wildman–Crippen MR) is 67.5 cm³/mol. The SMILES string of the molecule is COC(C)(C)CC(CN)NCCCCCO. The molecule has 0 aromatic heterocycles. The third-order valence-electron chi connectivity index (χ3n) is 2.84. The van der Waals surface area contributed by atoms with E-state index < -0.39 is 0 Å². The second-order valence-electron chi connectivity index (χ2n) is 4.84. The number of nitrogens with one attached hydrogen (secondary N) is 1. The Morgan fingerprint density at radius 1 is 1.31 bits per heavy atom. The van der Waals surface area contributed by atoms with Gasteiger partial charge in [0.05, 0.1) is 5.60 Å². The fourth-order valence-electron chi connectivity index (χ4n) is 1.64. The maximum atomic E-state index is 8.65. The molecule has 0 amide bonds. The molecule has 4 nitrogen and oxygen atoms in total. The normalized spacial score (nSPS) is 14.1. The summed E-state index contributed by atoms with van der Waals surface area (Å²) in [5.41, 5.74) is 5.59. The number of hydrogen-bond acceptors (Lipinski definition) is 4. The summed E-state index contributed by atoms with van der Waals surface area (Å²) in [4.78, 5) is 0. The van der Waals surface area contributed by atoms with Crippen LogP contribution in [0.1, 0.15) is 39.5 Å². The standard InChI is InChI=1S/C12H28N2O2/c1-12(2,16-3)9-11(10-13)14-7-5-4-6-8-15/h11,14-15H,4-10,13H2,1-3H3. The summed E-state index contributed by atoms with van der Waals surface area (Å²) < 4.78 is 5.39. The molecule has 0 rings (SSSR count). The highest BCUT2D eigenvalue weighted by Crippen LogP contribution is 2.15. The lowest BCUT2D eigenvalue weighted by Crippen LogP contribution is -2.42. The molecular weight excluding hydrogens is 204 g/mol. The van der Waals surface area contributed by atoms with Gasteiger partial charge in [-0.25, -0.2) is 0 Å². The van der Waals surface area contributed by atoms with Gasteiger partial charge in [0.1, 0.15) is 0 Å². The van der Waals surface area contributed by atoms with Crippen molar-refractivity contribution >= 4 is 0 Å². The van der Waals surface area contributed by atoms with E-state index in [1.807, 2.05) is 0 Å². The van der Waals surface area contributed by atoms with E-state index in [0.29, 0.717) is 12.6 Å². The summed E-state index contributed by atoms with van der Waals surface area (Å²) >= 11 is 0. The van der Waals surface area contributed by atoms with Crippen molar-refractivity contribution in [2.75, 3.05) is 26.8 Å². The van der Waals surface area contributed by atoms with E-state index in [1.165, 1.54) is 0 Å². The van der Waals surface area contributed by atoms with Crippen molar-refractivity contribution in [3.8, 4) is 0 Å². The summed E-state index contributed by atoms with van der Waals surface area (Å²) in [5, 5.41) is 12.1. The first-order valence-electron chi connectivity index (χ1n) is 6.15. The third-order valence-corrected chi connectivity index (χ3v) is 2.84. The number of aliphatic hydroxyl groups is 1. The molecule has 1 unspecified atom stereocenters. The van der Waals surface area contributed by atoms with Gasteiger partial charge in [0, 0.05) is 26.3 Å². The Morgan fingerprint density at radius 2 is 2.00 bits per heavy atom. The van der Waals surface area contributed by atoms with Crippen LogP contribution in [0.3, 0.4) is 0 Å². The minimum Gasteiger partial charge on any atom is -0.396 e. The summed E-state index contributed by atoms with van der Waals surface area (Å²) in [7, 11) is 1.73. The largest absolute Gasteiger partial charge is 0.396 e. The maximum absolute atomic E-state index is 8.65. The van der Waals surface area contributed by atoms with Gasteiger partial charge in [0.25, 0.3) is 0 Å². The fourth-order valence-corrected chi connectivity index (χ4v) is 1.64. The Labute approximate surface area is 99.6 Å². The van der Waals surface area contributed by atoms with Gasteiger partial charge in [-0.2, -0.15) is 0 Å². The lowest BCUT2D eigenvalue weighted by Gasteiger charge is -2.28. The van der Waals surface area contributed by atoms with Crippen LogP contribution in [0.4, 0.5) is 0 Å². The highest BCUT2D eigenvalue weighted by molar-refractivity contribution is 4.78. The van der Waals surface area contributed by atoms with Gasteiger partial charge < -0.3 is 20.9 Å². The van der Waals surface area contributed by atoms with Crippen LogP contribution >= 0.6 is 0 Å². The van der Waals surface area contributed by atoms with Gasteiger partial charge >= 0.3 is 0 Å². The van der Waals surface area contributed by atoms with Crippen molar-refractivity contribution in [3.63, 3.8) is 0 Å². The number of hydrogen-bond donors (Lipinski definition) is 3. The zero-order valence-electron chi connectivity index (χ0n) is 11.0. The lowest BCUT2D eigenvalue weighted by molar-refractivity contribution is 0.00779. The molecule has 0 heterocycles. The molecule has 0 aliphatic heterocycles. The topological polar surface area (TPSA) is 67.5 Å². The quantitative estimate of drug-likeness (QED) is 0.489. The molecule has 0 aliphatic rings. The van der Waals surface area contributed by atoms with E-state index in [9.17, 15) is 0 Å². The molecule has 98 valence electrons. The highest BCUT2D eigenvalue weighted by Gasteiger charge is 2.21. The van der Waals surface area contributed by atoms with Crippen LogP contribution in [-0.2, 0) is 4.74 Å². The van der Waals surface area contributed by atoms with Crippen LogP contribution in [0.15, 0.2) is 0 Å². The first kappa shape index (κ1) is 15.8. The van der Waals surface area contributed by atoms with Crippen LogP contribution in [0.25, 0.3) is 0 Å². The second-order valence-corrected chi connectivity index (χ2v) is 4.84. The molecule has 0 bridgehead atoms. The first-order chi connectivity index (χ1) is 7.55. The van der Waals surface area contributed by atoms with E-state index in [2.05, 4.69) is 19.2 Å². The van der Waals surface area contributed by atoms with Crippen molar-refractivity contribution in [1.82, 2.24) is 5.32 Å². The van der Waals surface area contributed by atoms with Crippen molar-refractivity contribution in [2.45, 2.75) is 51.2 Å². The van der Waals surface area contributed by atoms with Crippen molar-refractivity contribution in [1.29, 1.82) is 0 Å². The molecule has 0 aromatic carbocycles. The molecule has 0 fully saturated rings. The molecule has 0 radical (unpaired) electrons. The Balaban J connectivity index is 3.67. The molecule has 4 N–H and O–H groups in total. The van der Waals surface area contributed by atoms with Crippen molar-refractivity contribution in [2.24, 2.45) is 5.73 Å². The monoisotopic (exact) mass is 232 g/mol. The fraction of sp³-hybridized carbons (Fsp3) is 1.00. The number of unbranched alkanes of at least 4 members (excludes halogenated alkanes) is 2. The first-order valence-corrected chi connectivity index (χ1v) is 6.15. The number of methoxy groups -OCH3 is 1. The summed E-state index contributed by atoms with van der Waals surface area (Å²) in [5.74, 6) is 0. The number of aliphatic hydroxyl groups excluding tert-OH is 1. The van der Waals surface area contributed by atoms with Gasteiger partial charge in [0.2, 0.25) is 0 Å². The van der Waals surface area contributed by atoms with Crippen LogP contribution < -0.4 is 11.1 Å². The molecule has 16 heavy (non-hydrogen) atoms. The number of ether oxygens (including phenoxy) is 1. The van der Waals surface area contributed by atoms with Gasteiger partial charge in [-0.3, -0.25) is 0 Å². The minimum atomic E-state index is -0.123. The van der Waals surface area contributed by atoms with E-state index in [4.69, 9.17) is 15.6 Å². The Hall–Kier alpha value is -0.160. The van der Waals surface area contributed by atoms with Gasteiger partial charge in [0.15, 0.2) is 0 Å². The number of nitrogens with two attached hydrogens (primary N) is 1. The minimum absolute atomic E-state index is 0.123. The molecule has 0 saturated carbocycles. The smallest absolute Gasteiger partial charge is 0.0638 e. The zero-order chi connectivity index (χ0) is 12.4. The molecular formula is C12H28N2O2. The van der Waals surface area contributed by atoms with Crippen molar-refractivity contribution in [3.05, 3.63) is 0 Å². The summed E-state index contributed by atoms with van der Waals surface area (Å²) in [6, 6.07) is 0.309. The van der Waals surface area contributed by atoms with Gasteiger partial charge in [-0.1, -0.05) is 0 Å². The molecule has 0 aliphatic carbocycles. The van der Waals surface area contributed by atoms with E-state index in [1.54, 1.807) is 7.11 Å². The van der Waals surface area contributed by atoms with E-state index in [-0.39, 0.29) is 12.2 Å².